The summed E-state index contributed by atoms with van der Waals surface area (Å²) in [7, 11) is 3.72. The molecule has 0 radical (unpaired) electrons. The van der Waals surface area contributed by atoms with Gasteiger partial charge in [-0.1, -0.05) is 11.6 Å². The number of alkyl halides is 2. The van der Waals surface area contributed by atoms with Gasteiger partial charge in [-0.25, -0.2) is 0 Å². The predicted octanol–water partition coefficient (Wildman–Crippen LogP) is 2.51. The van der Waals surface area contributed by atoms with E-state index in [1.54, 1.807) is 13.0 Å². The third-order valence-electron chi connectivity index (χ3n) is 2.89. The molecule has 1 aromatic carbocycles. The van der Waals surface area contributed by atoms with Gasteiger partial charge in [-0.3, -0.25) is 0 Å². The molecule has 2 N–H and O–H groups in total. The fourth-order valence-corrected chi connectivity index (χ4v) is 2.15. The Kier molecular flexibility index (Phi) is 7.31. The van der Waals surface area contributed by atoms with Gasteiger partial charge in [-0.05, 0) is 39.2 Å². The van der Waals surface area contributed by atoms with E-state index in [9.17, 15) is 13.9 Å². The van der Waals surface area contributed by atoms with Gasteiger partial charge in [0.05, 0.1) is 6.10 Å². The van der Waals surface area contributed by atoms with Crippen LogP contribution in [0.15, 0.2) is 18.2 Å². The molecule has 2 unspecified atom stereocenters. The lowest BCUT2D eigenvalue weighted by atomic mass is 10.1. The molecule has 0 fully saturated rings. The fourth-order valence-electron chi connectivity index (χ4n) is 1.97. The molecule has 21 heavy (non-hydrogen) atoms. The molecular formula is C14H21ClF2N2O2. The summed E-state index contributed by atoms with van der Waals surface area (Å²) in [5.74, 6) is 0.0801. The largest absolute Gasteiger partial charge is 0.434 e. The minimum absolute atomic E-state index is 0.0801. The van der Waals surface area contributed by atoms with Crippen molar-refractivity contribution >= 4 is 11.6 Å². The first-order valence-electron chi connectivity index (χ1n) is 6.60. The van der Waals surface area contributed by atoms with Gasteiger partial charge in [0.1, 0.15) is 5.75 Å². The Bertz CT molecular complexity index is 447. The minimum Gasteiger partial charge on any atom is -0.434 e. The van der Waals surface area contributed by atoms with E-state index in [4.69, 9.17) is 11.6 Å². The maximum Gasteiger partial charge on any atom is 0.387 e. The van der Waals surface area contributed by atoms with E-state index in [-0.39, 0.29) is 11.8 Å². The summed E-state index contributed by atoms with van der Waals surface area (Å²) < 4.78 is 29.3. The van der Waals surface area contributed by atoms with Crippen LogP contribution in [-0.4, -0.2) is 49.9 Å². The molecule has 1 rings (SSSR count). The van der Waals surface area contributed by atoms with Crippen molar-refractivity contribution in [1.82, 2.24) is 10.2 Å². The number of likely N-dealkylation sites (N-methyl/N-ethyl adjacent to an activating group) is 1. The van der Waals surface area contributed by atoms with Crippen molar-refractivity contribution in [1.29, 1.82) is 0 Å². The highest BCUT2D eigenvalue weighted by atomic mass is 35.5. The van der Waals surface area contributed by atoms with Gasteiger partial charge >= 0.3 is 6.61 Å². The second-order valence-corrected chi connectivity index (χ2v) is 5.54. The van der Waals surface area contributed by atoms with Crippen LogP contribution in [0.4, 0.5) is 8.78 Å². The lowest BCUT2D eigenvalue weighted by molar-refractivity contribution is -0.0507. The number of aliphatic hydroxyl groups is 1. The van der Waals surface area contributed by atoms with E-state index < -0.39 is 12.7 Å². The van der Waals surface area contributed by atoms with E-state index in [2.05, 4.69) is 10.1 Å². The van der Waals surface area contributed by atoms with Crippen LogP contribution in [0.3, 0.4) is 0 Å². The summed E-state index contributed by atoms with van der Waals surface area (Å²) in [6, 6.07) is 4.21. The van der Waals surface area contributed by atoms with Crippen LogP contribution in [0.25, 0.3) is 0 Å². The number of hydrogen-bond acceptors (Lipinski definition) is 4. The molecule has 0 aromatic heterocycles. The summed E-state index contributed by atoms with van der Waals surface area (Å²) in [4.78, 5) is 1.86. The Balaban J connectivity index is 2.71. The highest BCUT2D eigenvalue weighted by Crippen LogP contribution is 2.29. The molecular weight excluding hydrogens is 302 g/mol. The first kappa shape index (κ1) is 18.1. The maximum absolute atomic E-state index is 12.4. The number of ether oxygens (including phenoxy) is 1. The zero-order chi connectivity index (χ0) is 16.0. The second kappa shape index (κ2) is 8.48. The molecule has 0 spiro atoms. The van der Waals surface area contributed by atoms with Crippen molar-refractivity contribution in [3.8, 4) is 5.75 Å². The SMILES string of the molecule is CC(NCC(O)CN(C)C)c1cc(Cl)ccc1OC(F)F. The molecule has 1 aromatic rings. The zero-order valence-corrected chi connectivity index (χ0v) is 13.1. The molecule has 2 atom stereocenters. The van der Waals surface area contributed by atoms with Gasteiger partial charge in [0.2, 0.25) is 0 Å². The highest BCUT2D eigenvalue weighted by molar-refractivity contribution is 6.30. The summed E-state index contributed by atoms with van der Waals surface area (Å²) >= 11 is 5.90. The van der Waals surface area contributed by atoms with Crippen molar-refractivity contribution < 1.29 is 18.6 Å². The Morgan fingerprint density at radius 1 is 1.38 bits per heavy atom. The van der Waals surface area contributed by atoms with Gasteiger partial charge in [-0.2, -0.15) is 8.78 Å². The van der Waals surface area contributed by atoms with Gasteiger partial charge in [0.25, 0.3) is 0 Å². The zero-order valence-electron chi connectivity index (χ0n) is 12.3. The van der Waals surface area contributed by atoms with Crippen LogP contribution in [0.5, 0.6) is 5.75 Å². The molecule has 0 bridgehead atoms. The van der Waals surface area contributed by atoms with Gasteiger partial charge in [0.15, 0.2) is 0 Å². The lowest BCUT2D eigenvalue weighted by Crippen LogP contribution is -2.36. The van der Waals surface area contributed by atoms with Crippen molar-refractivity contribution in [2.45, 2.75) is 25.7 Å². The van der Waals surface area contributed by atoms with Crippen LogP contribution >= 0.6 is 11.6 Å². The smallest absolute Gasteiger partial charge is 0.387 e. The first-order valence-corrected chi connectivity index (χ1v) is 6.97. The molecule has 0 aliphatic heterocycles. The predicted molar refractivity (Wildman–Crippen MR) is 79.1 cm³/mol. The van der Waals surface area contributed by atoms with E-state index in [1.165, 1.54) is 12.1 Å². The van der Waals surface area contributed by atoms with Gasteiger partial charge in [-0.15, -0.1) is 0 Å². The average Bonchev–Trinajstić information content (AvgIpc) is 2.36. The topological polar surface area (TPSA) is 44.7 Å². The van der Waals surface area contributed by atoms with Crippen LogP contribution in [0, 0.1) is 0 Å². The van der Waals surface area contributed by atoms with Crippen LogP contribution < -0.4 is 10.1 Å². The van der Waals surface area contributed by atoms with Crippen LogP contribution in [0.1, 0.15) is 18.5 Å². The molecule has 0 saturated heterocycles. The Morgan fingerprint density at radius 3 is 2.62 bits per heavy atom. The van der Waals surface area contributed by atoms with Crippen molar-refractivity contribution in [2.75, 3.05) is 27.2 Å². The van der Waals surface area contributed by atoms with E-state index in [0.29, 0.717) is 23.7 Å². The van der Waals surface area contributed by atoms with E-state index in [1.807, 2.05) is 19.0 Å². The van der Waals surface area contributed by atoms with Crippen molar-refractivity contribution in [3.05, 3.63) is 28.8 Å². The number of nitrogens with zero attached hydrogens (tertiary/aromatic N) is 1. The number of benzene rings is 1. The number of aliphatic hydroxyl groups excluding tert-OH is 1. The summed E-state index contributed by atoms with van der Waals surface area (Å²) in [5.41, 5.74) is 0.528. The third-order valence-corrected chi connectivity index (χ3v) is 3.13. The van der Waals surface area contributed by atoms with Gasteiger partial charge < -0.3 is 20.1 Å². The Morgan fingerprint density at radius 2 is 2.05 bits per heavy atom. The minimum atomic E-state index is -2.89. The monoisotopic (exact) mass is 322 g/mol. The quantitative estimate of drug-likeness (QED) is 0.772. The van der Waals surface area contributed by atoms with Crippen molar-refractivity contribution in [3.63, 3.8) is 0 Å². The highest BCUT2D eigenvalue weighted by Gasteiger charge is 2.16. The number of halogens is 3. The molecule has 0 amide bonds. The normalized spacial score (nSPS) is 14.5. The summed E-state index contributed by atoms with van der Waals surface area (Å²) in [5, 5.41) is 13.3. The van der Waals surface area contributed by atoms with Crippen LogP contribution in [0.2, 0.25) is 5.02 Å². The van der Waals surface area contributed by atoms with E-state index >= 15 is 0 Å². The molecule has 0 saturated carbocycles. The standard InChI is InChI=1S/C14H21ClF2N2O2/c1-9(18-7-11(20)8-19(2)3)12-6-10(15)4-5-13(12)21-14(16)17/h4-6,9,11,14,18,20H,7-8H2,1-3H3. The third kappa shape index (κ3) is 6.56. The van der Waals surface area contributed by atoms with Crippen LogP contribution in [-0.2, 0) is 0 Å². The number of rotatable bonds is 8. The summed E-state index contributed by atoms with van der Waals surface area (Å²) in [6.07, 6.45) is -0.555. The summed E-state index contributed by atoms with van der Waals surface area (Å²) in [6.45, 7) is -0.251. The molecule has 120 valence electrons. The molecule has 7 heteroatoms. The Labute approximate surface area is 128 Å². The number of nitrogens with one attached hydrogen (secondary N) is 1. The lowest BCUT2D eigenvalue weighted by Gasteiger charge is -2.21. The van der Waals surface area contributed by atoms with Crippen molar-refractivity contribution in [2.24, 2.45) is 0 Å². The molecule has 4 nitrogen and oxygen atoms in total. The first-order chi connectivity index (χ1) is 9.79. The van der Waals surface area contributed by atoms with Gasteiger partial charge in [0, 0.05) is 29.7 Å². The molecule has 0 aliphatic rings. The molecule has 0 heterocycles. The fraction of sp³-hybridized carbons (Fsp3) is 0.571. The number of hydrogen-bond donors (Lipinski definition) is 2. The average molecular weight is 323 g/mol. The second-order valence-electron chi connectivity index (χ2n) is 5.11. The Hall–Kier alpha value is -0.950. The van der Waals surface area contributed by atoms with E-state index in [0.717, 1.165) is 0 Å². The molecule has 0 aliphatic carbocycles. The maximum atomic E-state index is 12.4.